The van der Waals surface area contributed by atoms with Crippen LogP contribution in [-0.4, -0.2) is 23.8 Å². The number of aliphatic hydroxyl groups is 1. The fourth-order valence-corrected chi connectivity index (χ4v) is 0.515. The largest absolute Gasteiger partial charge is 0.463 e. The van der Waals surface area contributed by atoms with Gasteiger partial charge in [0, 0.05) is 6.08 Å². The molecule has 0 aromatic heterocycles. The van der Waals surface area contributed by atoms with Crippen LogP contribution >= 0.6 is 0 Å². The molecular weight excluding hydrogens is 172 g/mol. The minimum atomic E-state index is -0.600. The number of rotatable bonds is 5. The molecule has 0 radical (unpaired) electrons. The number of allylic oxidation sites excluding steroid dienone is 1. The molecule has 0 bridgehead atoms. The van der Waals surface area contributed by atoms with Gasteiger partial charge in [-0.2, -0.15) is 0 Å². The van der Waals surface area contributed by atoms with Crippen molar-refractivity contribution in [1.82, 2.24) is 0 Å². The van der Waals surface area contributed by atoms with Crippen LogP contribution in [0.15, 0.2) is 24.7 Å². The first-order valence-corrected chi connectivity index (χ1v) is 3.91. The van der Waals surface area contributed by atoms with E-state index in [1.165, 1.54) is 6.08 Å². The fraction of sp³-hybridized carbons (Fsp3) is 0.444. The molecule has 4 heteroatoms. The smallest absolute Gasteiger partial charge is 0.337 e. The van der Waals surface area contributed by atoms with E-state index in [0.717, 1.165) is 6.08 Å². The maximum Gasteiger partial charge on any atom is 0.337 e. The second-order valence-electron chi connectivity index (χ2n) is 2.39. The lowest BCUT2D eigenvalue weighted by atomic mass is 10.4. The van der Waals surface area contributed by atoms with E-state index < -0.39 is 12.1 Å². The zero-order valence-corrected chi connectivity index (χ0v) is 7.82. The molecule has 0 fully saturated rings. The fourth-order valence-electron chi connectivity index (χ4n) is 0.515. The van der Waals surface area contributed by atoms with Gasteiger partial charge in [0.1, 0.15) is 6.61 Å². The molecule has 0 rings (SSSR count). The number of carbonyl (C=O) groups excluding carboxylic acids is 1. The summed E-state index contributed by atoms with van der Waals surface area (Å²) in [5.41, 5.74) is 0. The van der Waals surface area contributed by atoms with Crippen LogP contribution in [-0.2, 0) is 14.3 Å². The molecule has 1 unspecified atom stereocenters. The molecule has 0 amide bonds. The van der Waals surface area contributed by atoms with Gasteiger partial charge in [0.05, 0.1) is 6.10 Å². The second kappa shape index (κ2) is 6.25. The maximum absolute atomic E-state index is 10.7. The lowest BCUT2D eigenvalue weighted by Gasteiger charge is -2.09. The first-order chi connectivity index (χ1) is 6.10. The van der Waals surface area contributed by atoms with Crippen LogP contribution in [0, 0.1) is 0 Å². The molecule has 0 heterocycles. The molecule has 0 saturated carbocycles. The minimum absolute atomic E-state index is 0.0748. The van der Waals surface area contributed by atoms with Crippen molar-refractivity contribution >= 4 is 5.97 Å². The highest BCUT2D eigenvalue weighted by molar-refractivity contribution is 5.81. The molecule has 0 aromatic carbocycles. The lowest BCUT2D eigenvalue weighted by Crippen LogP contribution is -2.12. The van der Waals surface area contributed by atoms with Gasteiger partial charge in [-0.1, -0.05) is 6.58 Å². The predicted octanol–water partition coefficient (Wildman–Crippen LogP) is 0.974. The third-order valence-corrected chi connectivity index (χ3v) is 1.07. The summed E-state index contributed by atoms with van der Waals surface area (Å²) in [6, 6.07) is 0. The SMILES string of the molecule is C=CC(=O)OC(=CC)OCC(C)O. The molecule has 0 aromatic rings. The Labute approximate surface area is 77.5 Å². The van der Waals surface area contributed by atoms with Crippen molar-refractivity contribution in [3.63, 3.8) is 0 Å². The van der Waals surface area contributed by atoms with Gasteiger partial charge in [-0.05, 0) is 19.9 Å². The standard InChI is InChI=1S/C9H14O4/c1-4-8(11)13-9(5-2)12-6-7(3)10/h4-5,7,10H,1,6H2,2-3H3. The predicted molar refractivity (Wildman–Crippen MR) is 47.7 cm³/mol. The number of carbonyl (C=O) groups is 1. The topological polar surface area (TPSA) is 55.8 Å². The lowest BCUT2D eigenvalue weighted by molar-refractivity contribution is -0.140. The summed E-state index contributed by atoms with van der Waals surface area (Å²) in [4.78, 5) is 10.7. The summed E-state index contributed by atoms with van der Waals surface area (Å²) in [5.74, 6) is -0.510. The third kappa shape index (κ3) is 5.93. The quantitative estimate of drug-likeness (QED) is 0.395. The van der Waals surface area contributed by atoms with E-state index in [2.05, 4.69) is 11.3 Å². The highest BCUT2D eigenvalue weighted by atomic mass is 16.7. The molecule has 74 valence electrons. The van der Waals surface area contributed by atoms with Crippen LogP contribution in [0.5, 0.6) is 0 Å². The van der Waals surface area contributed by atoms with Gasteiger partial charge in [-0.3, -0.25) is 0 Å². The molecule has 0 aliphatic rings. The Morgan fingerprint density at radius 3 is 2.69 bits per heavy atom. The van der Waals surface area contributed by atoms with Crippen molar-refractivity contribution < 1.29 is 19.4 Å². The average Bonchev–Trinajstić information content (AvgIpc) is 2.11. The average molecular weight is 186 g/mol. The van der Waals surface area contributed by atoms with Gasteiger partial charge in [0.25, 0.3) is 5.95 Å². The summed E-state index contributed by atoms with van der Waals surface area (Å²) in [6.45, 7) is 6.56. The number of hydrogen-bond acceptors (Lipinski definition) is 4. The summed E-state index contributed by atoms with van der Waals surface area (Å²) in [5, 5.41) is 8.88. The van der Waals surface area contributed by atoms with Gasteiger partial charge >= 0.3 is 5.97 Å². The second-order valence-corrected chi connectivity index (χ2v) is 2.39. The Kier molecular flexibility index (Phi) is 5.63. The van der Waals surface area contributed by atoms with E-state index in [0.29, 0.717) is 0 Å². The van der Waals surface area contributed by atoms with E-state index in [1.807, 2.05) is 0 Å². The molecule has 0 aliphatic heterocycles. The number of ether oxygens (including phenoxy) is 2. The monoisotopic (exact) mass is 186 g/mol. The van der Waals surface area contributed by atoms with Crippen LogP contribution in [0.4, 0.5) is 0 Å². The zero-order chi connectivity index (χ0) is 10.3. The Bertz CT molecular complexity index is 206. The van der Waals surface area contributed by atoms with E-state index in [4.69, 9.17) is 9.84 Å². The Morgan fingerprint density at radius 2 is 2.31 bits per heavy atom. The van der Waals surface area contributed by atoms with Crippen molar-refractivity contribution in [2.45, 2.75) is 20.0 Å². The van der Waals surface area contributed by atoms with Crippen molar-refractivity contribution in [1.29, 1.82) is 0 Å². The molecular formula is C9H14O4. The van der Waals surface area contributed by atoms with Crippen LogP contribution < -0.4 is 0 Å². The summed E-state index contributed by atoms with van der Waals surface area (Å²) in [6.07, 6.45) is 1.93. The zero-order valence-electron chi connectivity index (χ0n) is 7.82. The van der Waals surface area contributed by atoms with Crippen LogP contribution in [0.1, 0.15) is 13.8 Å². The van der Waals surface area contributed by atoms with Crippen LogP contribution in [0.2, 0.25) is 0 Å². The van der Waals surface area contributed by atoms with Gasteiger partial charge in [0.15, 0.2) is 0 Å². The van der Waals surface area contributed by atoms with Crippen molar-refractivity contribution in [2.24, 2.45) is 0 Å². The minimum Gasteiger partial charge on any atom is -0.463 e. The number of aliphatic hydroxyl groups excluding tert-OH is 1. The van der Waals surface area contributed by atoms with Gasteiger partial charge in [0.2, 0.25) is 0 Å². The van der Waals surface area contributed by atoms with Gasteiger partial charge in [-0.15, -0.1) is 0 Å². The third-order valence-electron chi connectivity index (χ3n) is 1.07. The molecule has 0 spiro atoms. The van der Waals surface area contributed by atoms with E-state index >= 15 is 0 Å². The van der Waals surface area contributed by atoms with Crippen LogP contribution in [0.25, 0.3) is 0 Å². The first kappa shape index (κ1) is 11.7. The van der Waals surface area contributed by atoms with Gasteiger partial charge in [-0.25, -0.2) is 4.79 Å². The molecule has 13 heavy (non-hydrogen) atoms. The normalized spacial score (nSPS) is 13.3. The summed E-state index contributed by atoms with van der Waals surface area (Å²) in [7, 11) is 0. The molecule has 1 atom stereocenters. The van der Waals surface area contributed by atoms with E-state index in [9.17, 15) is 4.79 Å². The Morgan fingerprint density at radius 1 is 1.69 bits per heavy atom. The molecule has 4 nitrogen and oxygen atoms in total. The Hall–Kier alpha value is -1.29. The molecule has 1 N–H and O–H groups in total. The maximum atomic E-state index is 10.7. The Balaban J connectivity index is 3.91. The highest BCUT2D eigenvalue weighted by Crippen LogP contribution is 2.01. The van der Waals surface area contributed by atoms with E-state index in [1.54, 1.807) is 13.8 Å². The van der Waals surface area contributed by atoms with Crippen LogP contribution in [0.3, 0.4) is 0 Å². The molecule has 0 aliphatic carbocycles. The first-order valence-electron chi connectivity index (χ1n) is 3.91. The number of esters is 1. The van der Waals surface area contributed by atoms with Crippen molar-refractivity contribution in [3.8, 4) is 0 Å². The number of hydrogen-bond donors (Lipinski definition) is 1. The summed E-state index contributed by atoms with van der Waals surface area (Å²) >= 11 is 0. The highest BCUT2D eigenvalue weighted by Gasteiger charge is 2.04. The van der Waals surface area contributed by atoms with Crippen molar-refractivity contribution in [2.75, 3.05) is 6.61 Å². The van der Waals surface area contributed by atoms with Gasteiger partial charge < -0.3 is 14.6 Å². The molecule has 0 saturated heterocycles. The van der Waals surface area contributed by atoms with E-state index in [-0.39, 0.29) is 12.6 Å². The van der Waals surface area contributed by atoms with Crippen molar-refractivity contribution in [3.05, 3.63) is 24.7 Å². The summed E-state index contributed by atoms with van der Waals surface area (Å²) < 4.78 is 9.62.